The maximum absolute atomic E-state index is 5.96. The van der Waals surface area contributed by atoms with E-state index in [0.29, 0.717) is 5.75 Å². The summed E-state index contributed by atoms with van der Waals surface area (Å²) in [6.07, 6.45) is 3.02. The Balaban J connectivity index is 1.84. The van der Waals surface area contributed by atoms with E-state index in [0.717, 1.165) is 40.7 Å². The first kappa shape index (κ1) is 13.5. The van der Waals surface area contributed by atoms with Gasteiger partial charge in [0, 0.05) is 23.6 Å². The van der Waals surface area contributed by atoms with E-state index in [4.69, 9.17) is 25.8 Å². The number of benzene rings is 2. The molecule has 0 N–H and O–H groups in total. The number of ether oxygens (including phenoxy) is 3. The van der Waals surface area contributed by atoms with Gasteiger partial charge in [0.15, 0.2) is 24.3 Å². The summed E-state index contributed by atoms with van der Waals surface area (Å²) in [5, 5.41) is 0.738. The number of methoxy groups -OCH3 is 1. The Morgan fingerprint density at radius 1 is 1.18 bits per heavy atom. The van der Waals surface area contributed by atoms with Crippen LogP contribution in [0.1, 0.15) is 11.1 Å². The van der Waals surface area contributed by atoms with E-state index in [2.05, 4.69) is 16.9 Å². The molecule has 0 amide bonds. The fraction of sp³-hybridized carbons (Fsp3) is 0.235. The van der Waals surface area contributed by atoms with Crippen LogP contribution in [0.15, 0.2) is 30.3 Å². The van der Waals surface area contributed by atoms with Gasteiger partial charge in [0.1, 0.15) is 0 Å². The molecule has 0 unspecified atom stereocenters. The SMILES string of the molecule is COc1c2c(cc3c1OCO3)CC[N+](c1ccc(Cl)cc1)=C2. The summed E-state index contributed by atoms with van der Waals surface area (Å²) in [6.45, 7) is 1.15. The third kappa shape index (κ3) is 2.11. The topological polar surface area (TPSA) is 30.7 Å². The number of hydrogen-bond donors (Lipinski definition) is 0. The van der Waals surface area contributed by atoms with E-state index in [-0.39, 0.29) is 6.79 Å². The first-order valence-corrected chi connectivity index (χ1v) is 7.50. The molecule has 0 aromatic heterocycles. The molecule has 4 nitrogen and oxygen atoms in total. The van der Waals surface area contributed by atoms with E-state index in [1.807, 2.05) is 24.3 Å². The second-order valence-electron chi connectivity index (χ2n) is 5.27. The van der Waals surface area contributed by atoms with Crippen molar-refractivity contribution >= 4 is 23.5 Å². The molecule has 2 aromatic carbocycles. The lowest BCUT2D eigenvalue weighted by Crippen LogP contribution is -2.19. The summed E-state index contributed by atoms with van der Waals surface area (Å²) < 4.78 is 18.8. The van der Waals surface area contributed by atoms with Crippen molar-refractivity contribution in [1.82, 2.24) is 0 Å². The smallest absolute Gasteiger partial charge is 0.231 e. The van der Waals surface area contributed by atoms with Gasteiger partial charge in [-0.3, -0.25) is 0 Å². The van der Waals surface area contributed by atoms with Crippen molar-refractivity contribution in [2.24, 2.45) is 0 Å². The Bertz CT molecular complexity index is 768. The molecule has 0 atom stereocenters. The molecule has 2 aliphatic heterocycles. The van der Waals surface area contributed by atoms with Gasteiger partial charge >= 0.3 is 0 Å². The van der Waals surface area contributed by atoms with Crippen LogP contribution in [0.25, 0.3) is 0 Å². The number of nitrogens with zero attached hydrogens (tertiary/aromatic N) is 1. The predicted molar refractivity (Wildman–Crippen MR) is 84.2 cm³/mol. The molecular weight excluding hydrogens is 302 g/mol. The van der Waals surface area contributed by atoms with E-state index in [9.17, 15) is 0 Å². The van der Waals surface area contributed by atoms with Crippen molar-refractivity contribution < 1.29 is 18.8 Å². The predicted octanol–water partition coefficient (Wildman–Crippen LogP) is 3.40. The van der Waals surface area contributed by atoms with E-state index in [1.165, 1.54) is 5.56 Å². The summed E-state index contributed by atoms with van der Waals surface area (Å²) in [7, 11) is 1.66. The second-order valence-corrected chi connectivity index (χ2v) is 5.70. The van der Waals surface area contributed by atoms with Crippen LogP contribution in [0, 0.1) is 0 Å². The maximum Gasteiger partial charge on any atom is 0.231 e. The van der Waals surface area contributed by atoms with Crippen LogP contribution in [0.5, 0.6) is 17.2 Å². The number of fused-ring (bicyclic) bond motifs is 2. The van der Waals surface area contributed by atoms with Gasteiger partial charge in [-0.1, -0.05) is 11.6 Å². The molecular formula is C17H15ClNO3+. The normalized spacial score (nSPS) is 15.3. The third-order valence-corrected chi connectivity index (χ3v) is 4.26. The fourth-order valence-corrected chi connectivity index (χ4v) is 3.05. The van der Waals surface area contributed by atoms with Gasteiger partial charge in [-0.05, 0) is 23.8 Å². The number of halogens is 1. The molecule has 0 radical (unpaired) electrons. The van der Waals surface area contributed by atoms with E-state index >= 15 is 0 Å². The molecule has 2 aromatic rings. The van der Waals surface area contributed by atoms with Gasteiger partial charge in [-0.25, -0.2) is 0 Å². The highest BCUT2D eigenvalue weighted by Gasteiger charge is 2.29. The molecule has 0 saturated heterocycles. The average Bonchev–Trinajstić information content (AvgIpc) is 3.01. The zero-order chi connectivity index (χ0) is 15.1. The molecule has 4 rings (SSSR count). The third-order valence-electron chi connectivity index (χ3n) is 4.01. The molecule has 0 fully saturated rings. The Morgan fingerprint density at radius 2 is 2.00 bits per heavy atom. The minimum absolute atomic E-state index is 0.246. The monoisotopic (exact) mass is 316 g/mol. The molecule has 112 valence electrons. The highest BCUT2D eigenvalue weighted by molar-refractivity contribution is 6.30. The lowest BCUT2D eigenvalue weighted by Gasteiger charge is -2.16. The van der Waals surface area contributed by atoms with Crippen LogP contribution in [0.2, 0.25) is 5.02 Å². The van der Waals surface area contributed by atoms with Crippen molar-refractivity contribution in [3.8, 4) is 17.2 Å². The highest BCUT2D eigenvalue weighted by atomic mass is 35.5. The van der Waals surface area contributed by atoms with Crippen molar-refractivity contribution in [2.45, 2.75) is 6.42 Å². The van der Waals surface area contributed by atoms with Crippen molar-refractivity contribution in [3.63, 3.8) is 0 Å². The molecule has 0 bridgehead atoms. The van der Waals surface area contributed by atoms with Crippen molar-refractivity contribution in [1.29, 1.82) is 0 Å². The van der Waals surface area contributed by atoms with Gasteiger partial charge in [-0.15, -0.1) is 0 Å². The Morgan fingerprint density at radius 3 is 2.77 bits per heavy atom. The summed E-state index contributed by atoms with van der Waals surface area (Å²) in [6, 6.07) is 9.89. The lowest BCUT2D eigenvalue weighted by atomic mass is 9.99. The van der Waals surface area contributed by atoms with Crippen LogP contribution in [0.4, 0.5) is 5.69 Å². The molecule has 2 heterocycles. The summed E-state index contributed by atoms with van der Waals surface area (Å²) in [5.41, 5.74) is 3.37. The number of hydrogen-bond acceptors (Lipinski definition) is 3. The Hall–Kier alpha value is -2.20. The molecule has 0 saturated carbocycles. The minimum atomic E-state index is 0.246. The van der Waals surface area contributed by atoms with Crippen LogP contribution in [-0.2, 0) is 6.42 Å². The zero-order valence-electron chi connectivity index (χ0n) is 12.1. The van der Waals surface area contributed by atoms with Crippen molar-refractivity contribution in [3.05, 3.63) is 46.5 Å². The average molecular weight is 317 g/mol. The van der Waals surface area contributed by atoms with Gasteiger partial charge in [-0.2, -0.15) is 4.58 Å². The van der Waals surface area contributed by atoms with Crippen molar-refractivity contribution in [2.75, 3.05) is 20.4 Å². The van der Waals surface area contributed by atoms with Crippen LogP contribution < -0.4 is 14.2 Å². The van der Waals surface area contributed by atoms with E-state index < -0.39 is 0 Å². The Kier molecular flexibility index (Phi) is 3.19. The lowest BCUT2D eigenvalue weighted by molar-refractivity contribution is -0.436. The molecule has 5 heteroatoms. The maximum atomic E-state index is 5.96. The second kappa shape index (κ2) is 5.21. The zero-order valence-corrected chi connectivity index (χ0v) is 12.9. The van der Waals surface area contributed by atoms with Crippen LogP contribution in [0.3, 0.4) is 0 Å². The van der Waals surface area contributed by atoms with E-state index in [1.54, 1.807) is 7.11 Å². The molecule has 22 heavy (non-hydrogen) atoms. The van der Waals surface area contributed by atoms with Crippen LogP contribution in [-0.4, -0.2) is 31.2 Å². The minimum Gasteiger partial charge on any atom is -0.492 e. The van der Waals surface area contributed by atoms with Gasteiger partial charge < -0.3 is 14.2 Å². The molecule has 2 aliphatic rings. The largest absolute Gasteiger partial charge is 0.492 e. The summed E-state index contributed by atoms with van der Waals surface area (Å²) in [4.78, 5) is 0. The molecule has 0 aliphatic carbocycles. The Labute approximate surface area is 133 Å². The van der Waals surface area contributed by atoms with Gasteiger partial charge in [0.2, 0.25) is 18.2 Å². The standard InChI is InChI=1S/C17H15ClNO3/c1-20-16-14-9-19(13-4-2-12(18)3-5-13)7-6-11(14)8-15-17(16)22-10-21-15/h2-5,8-9H,6-7,10H2,1H3/q+1. The first-order chi connectivity index (χ1) is 10.8. The van der Waals surface area contributed by atoms with Crippen LogP contribution >= 0.6 is 11.6 Å². The summed E-state index contributed by atoms with van der Waals surface area (Å²) in [5.74, 6) is 2.20. The number of rotatable bonds is 2. The first-order valence-electron chi connectivity index (χ1n) is 7.13. The molecule has 0 spiro atoms. The fourth-order valence-electron chi connectivity index (χ4n) is 2.93. The highest BCUT2D eigenvalue weighted by Crippen LogP contribution is 2.45. The van der Waals surface area contributed by atoms with Gasteiger partial charge in [0.25, 0.3) is 0 Å². The van der Waals surface area contributed by atoms with Gasteiger partial charge in [0.05, 0.1) is 12.7 Å². The summed E-state index contributed by atoms with van der Waals surface area (Å²) >= 11 is 5.96. The quantitative estimate of drug-likeness (QED) is 0.796.